The summed E-state index contributed by atoms with van der Waals surface area (Å²) < 4.78 is 5.09. The third-order valence-corrected chi connectivity index (χ3v) is 3.90. The number of nitrogen functional groups attached to an aromatic ring is 1. The second kappa shape index (κ2) is 4.63. The van der Waals surface area contributed by atoms with E-state index in [2.05, 4.69) is 15.3 Å². The molecule has 2 saturated carbocycles. The molecule has 0 saturated heterocycles. The second-order valence-electron chi connectivity index (χ2n) is 5.37. The van der Waals surface area contributed by atoms with Crippen molar-refractivity contribution in [2.75, 3.05) is 24.7 Å². The molecule has 2 fully saturated rings. The van der Waals surface area contributed by atoms with Crippen molar-refractivity contribution in [2.24, 2.45) is 17.8 Å². The van der Waals surface area contributed by atoms with Crippen LogP contribution in [0.5, 0.6) is 5.88 Å². The van der Waals surface area contributed by atoms with Crippen LogP contribution in [0.2, 0.25) is 0 Å². The lowest BCUT2D eigenvalue weighted by molar-refractivity contribution is 0.397. The molecule has 1 heterocycles. The van der Waals surface area contributed by atoms with Gasteiger partial charge in [0.05, 0.1) is 7.11 Å². The zero-order chi connectivity index (χ0) is 12.5. The van der Waals surface area contributed by atoms with Crippen molar-refractivity contribution in [3.63, 3.8) is 0 Å². The first-order valence-corrected chi connectivity index (χ1v) is 6.68. The zero-order valence-electron chi connectivity index (χ0n) is 10.7. The molecule has 1 aromatic rings. The second-order valence-corrected chi connectivity index (χ2v) is 5.37. The van der Waals surface area contributed by atoms with E-state index in [1.807, 2.05) is 0 Å². The normalized spacial score (nSPS) is 19.0. The highest BCUT2D eigenvalue weighted by molar-refractivity contribution is 5.42. The molecule has 0 aromatic carbocycles. The number of nitrogens with one attached hydrogen (secondary N) is 1. The average Bonchev–Trinajstić information content (AvgIpc) is 3.22. The Morgan fingerprint density at radius 3 is 2.56 bits per heavy atom. The fourth-order valence-electron chi connectivity index (χ4n) is 2.63. The van der Waals surface area contributed by atoms with Gasteiger partial charge in [-0.3, -0.25) is 0 Å². The SMILES string of the molecule is COc1cc(NCC(C2CC2)C2CC2)nc(N)n1. The molecule has 3 N–H and O–H groups in total. The fourth-order valence-corrected chi connectivity index (χ4v) is 2.63. The molecular formula is C13H20N4O. The number of aromatic nitrogens is 2. The molecular weight excluding hydrogens is 228 g/mol. The van der Waals surface area contributed by atoms with Gasteiger partial charge in [-0.15, -0.1) is 0 Å². The van der Waals surface area contributed by atoms with E-state index in [-0.39, 0.29) is 5.95 Å². The zero-order valence-corrected chi connectivity index (χ0v) is 10.7. The van der Waals surface area contributed by atoms with E-state index in [9.17, 15) is 0 Å². The van der Waals surface area contributed by atoms with Crippen LogP contribution in [0.1, 0.15) is 25.7 Å². The van der Waals surface area contributed by atoms with Crippen LogP contribution in [-0.2, 0) is 0 Å². The molecule has 0 aliphatic heterocycles. The highest BCUT2D eigenvalue weighted by Crippen LogP contribution is 2.49. The number of ether oxygens (including phenoxy) is 1. The van der Waals surface area contributed by atoms with Crippen molar-refractivity contribution >= 4 is 11.8 Å². The van der Waals surface area contributed by atoms with E-state index in [0.29, 0.717) is 5.88 Å². The molecule has 0 bridgehead atoms. The molecule has 5 heteroatoms. The lowest BCUT2D eigenvalue weighted by Gasteiger charge is -2.16. The Kier molecular flexibility index (Phi) is 2.97. The van der Waals surface area contributed by atoms with Crippen LogP contribution in [0.3, 0.4) is 0 Å². The molecule has 0 amide bonds. The predicted octanol–water partition coefficient (Wildman–Crippen LogP) is 1.92. The smallest absolute Gasteiger partial charge is 0.225 e. The lowest BCUT2D eigenvalue weighted by Crippen LogP contribution is -2.19. The first-order chi connectivity index (χ1) is 8.76. The van der Waals surface area contributed by atoms with E-state index in [1.54, 1.807) is 13.2 Å². The number of hydrogen-bond donors (Lipinski definition) is 2. The summed E-state index contributed by atoms with van der Waals surface area (Å²) in [6.45, 7) is 0.995. The van der Waals surface area contributed by atoms with Gasteiger partial charge < -0.3 is 15.8 Å². The van der Waals surface area contributed by atoms with Gasteiger partial charge in [0.1, 0.15) is 5.82 Å². The first kappa shape index (κ1) is 11.6. The Bertz CT molecular complexity index is 417. The molecule has 0 unspecified atom stereocenters. The molecule has 18 heavy (non-hydrogen) atoms. The molecule has 5 nitrogen and oxygen atoms in total. The minimum Gasteiger partial charge on any atom is -0.481 e. The third-order valence-electron chi connectivity index (χ3n) is 3.90. The largest absolute Gasteiger partial charge is 0.481 e. The maximum atomic E-state index is 5.64. The highest BCUT2D eigenvalue weighted by atomic mass is 16.5. The molecule has 2 aliphatic rings. The Hall–Kier alpha value is -1.52. The Morgan fingerprint density at radius 1 is 1.33 bits per heavy atom. The van der Waals surface area contributed by atoms with Crippen LogP contribution >= 0.6 is 0 Å². The van der Waals surface area contributed by atoms with Gasteiger partial charge in [0.15, 0.2) is 0 Å². The summed E-state index contributed by atoms with van der Waals surface area (Å²) in [7, 11) is 1.59. The summed E-state index contributed by atoms with van der Waals surface area (Å²) in [5.41, 5.74) is 5.64. The van der Waals surface area contributed by atoms with E-state index >= 15 is 0 Å². The molecule has 2 aliphatic carbocycles. The molecule has 0 spiro atoms. The third kappa shape index (κ3) is 2.66. The quantitative estimate of drug-likeness (QED) is 0.804. The van der Waals surface area contributed by atoms with Crippen LogP contribution in [0, 0.1) is 17.8 Å². The molecule has 98 valence electrons. The summed E-state index contributed by atoms with van der Waals surface area (Å²) in [6.07, 6.45) is 5.60. The van der Waals surface area contributed by atoms with Gasteiger partial charge in [0.25, 0.3) is 0 Å². The topological polar surface area (TPSA) is 73.1 Å². The lowest BCUT2D eigenvalue weighted by atomic mass is 9.98. The molecule has 0 radical (unpaired) electrons. The van der Waals surface area contributed by atoms with Crippen LogP contribution in [0.25, 0.3) is 0 Å². The van der Waals surface area contributed by atoms with E-state index in [0.717, 1.165) is 30.1 Å². The standard InChI is InChI=1S/C13H20N4O/c1-18-12-6-11(16-13(14)17-12)15-7-10(8-2-3-8)9-4-5-9/h6,8-10H,2-5,7H2,1H3,(H3,14,15,16,17). The minimum atomic E-state index is 0.256. The Balaban J connectivity index is 1.62. The number of anilines is 2. The molecule has 0 atom stereocenters. The van der Waals surface area contributed by atoms with Crippen molar-refractivity contribution < 1.29 is 4.74 Å². The van der Waals surface area contributed by atoms with E-state index in [4.69, 9.17) is 10.5 Å². The van der Waals surface area contributed by atoms with Crippen LogP contribution in [0.4, 0.5) is 11.8 Å². The summed E-state index contributed by atoms with van der Waals surface area (Å²) in [6, 6.07) is 1.80. The Labute approximate surface area is 107 Å². The van der Waals surface area contributed by atoms with Gasteiger partial charge >= 0.3 is 0 Å². The summed E-state index contributed by atoms with van der Waals surface area (Å²) in [5.74, 6) is 4.22. The van der Waals surface area contributed by atoms with Gasteiger partial charge in [-0.1, -0.05) is 0 Å². The van der Waals surface area contributed by atoms with Crippen molar-refractivity contribution in [1.29, 1.82) is 0 Å². The highest BCUT2D eigenvalue weighted by Gasteiger charge is 2.41. The summed E-state index contributed by atoms with van der Waals surface area (Å²) in [5, 5.41) is 3.39. The molecule has 3 rings (SSSR count). The van der Waals surface area contributed by atoms with Crippen molar-refractivity contribution in [3.8, 4) is 5.88 Å². The van der Waals surface area contributed by atoms with Crippen LogP contribution in [-0.4, -0.2) is 23.6 Å². The predicted molar refractivity (Wildman–Crippen MR) is 70.4 cm³/mol. The van der Waals surface area contributed by atoms with E-state index in [1.165, 1.54) is 25.7 Å². The Morgan fingerprint density at radius 2 is 2.00 bits per heavy atom. The molecule has 1 aromatic heterocycles. The summed E-state index contributed by atoms with van der Waals surface area (Å²) in [4.78, 5) is 8.17. The van der Waals surface area contributed by atoms with E-state index < -0.39 is 0 Å². The number of methoxy groups -OCH3 is 1. The van der Waals surface area contributed by atoms with Gasteiger partial charge in [-0.25, -0.2) is 0 Å². The number of hydrogen-bond acceptors (Lipinski definition) is 5. The van der Waals surface area contributed by atoms with Gasteiger partial charge in [-0.2, -0.15) is 9.97 Å². The van der Waals surface area contributed by atoms with Crippen molar-refractivity contribution in [1.82, 2.24) is 9.97 Å². The monoisotopic (exact) mass is 248 g/mol. The summed E-state index contributed by atoms with van der Waals surface area (Å²) >= 11 is 0. The van der Waals surface area contributed by atoms with Gasteiger partial charge in [0, 0.05) is 12.6 Å². The number of nitrogens with zero attached hydrogens (tertiary/aromatic N) is 2. The fraction of sp³-hybridized carbons (Fsp3) is 0.692. The maximum absolute atomic E-state index is 5.64. The van der Waals surface area contributed by atoms with Gasteiger partial charge in [-0.05, 0) is 43.4 Å². The van der Waals surface area contributed by atoms with Crippen LogP contribution < -0.4 is 15.8 Å². The first-order valence-electron chi connectivity index (χ1n) is 6.68. The van der Waals surface area contributed by atoms with Crippen LogP contribution in [0.15, 0.2) is 6.07 Å². The number of nitrogens with two attached hydrogens (primary N) is 1. The average molecular weight is 248 g/mol. The minimum absolute atomic E-state index is 0.256. The van der Waals surface area contributed by atoms with Crippen molar-refractivity contribution in [2.45, 2.75) is 25.7 Å². The number of rotatable bonds is 6. The maximum Gasteiger partial charge on any atom is 0.225 e. The van der Waals surface area contributed by atoms with Crippen molar-refractivity contribution in [3.05, 3.63) is 6.07 Å². The van der Waals surface area contributed by atoms with Gasteiger partial charge in [0.2, 0.25) is 11.8 Å².